The van der Waals surface area contributed by atoms with Crippen LogP contribution >= 0.6 is 0 Å². The van der Waals surface area contributed by atoms with Crippen LogP contribution in [-0.4, -0.2) is 41.8 Å². The zero-order valence-electron chi connectivity index (χ0n) is 18.2. The molecule has 3 rings (SSSR count). The van der Waals surface area contributed by atoms with Gasteiger partial charge in [-0.15, -0.1) is 0 Å². The number of pyridine rings is 2. The lowest BCUT2D eigenvalue weighted by Crippen LogP contribution is -2.49. The second kappa shape index (κ2) is 8.80. The van der Waals surface area contributed by atoms with E-state index >= 15 is 0 Å². The first-order chi connectivity index (χ1) is 15.3. The summed E-state index contributed by atoms with van der Waals surface area (Å²) in [6.45, 7) is 2.55. The van der Waals surface area contributed by atoms with Crippen LogP contribution in [0, 0.1) is 17.6 Å². The van der Waals surface area contributed by atoms with Crippen molar-refractivity contribution in [3.05, 3.63) is 63.9 Å². The predicted molar refractivity (Wildman–Crippen MR) is 114 cm³/mol. The maximum absolute atomic E-state index is 14.6. The lowest BCUT2D eigenvalue weighted by Gasteiger charge is -2.25. The van der Waals surface area contributed by atoms with Crippen molar-refractivity contribution < 1.29 is 26.7 Å². The summed E-state index contributed by atoms with van der Waals surface area (Å²) in [5.74, 6) is -3.75. The van der Waals surface area contributed by atoms with Gasteiger partial charge in [-0.3, -0.25) is 14.2 Å². The van der Waals surface area contributed by atoms with Gasteiger partial charge in [0.2, 0.25) is 5.43 Å². The van der Waals surface area contributed by atoms with E-state index < -0.39 is 46.7 Å². The summed E-state index contributed by atoms with van der Waals surface area (Å²) in [4.78, 5) is 31.7. The quantitative estimate of drug-likeness (QED) is 0.574. The van der Waals surface area contributed by atoms with E-state index in [1.807, 2.05) is 5.32 Å². The summed E-state index contributed by atoms with van der Waals surface area (Å²) in [5.41, 5.74) is -1.80. The molecule has 0 spiro atoms. The minimum absolute atomic E-state index is 0.0514. The largest absolute Gasteiger partial charge is 0.408 e. The molecule has 0 saturated carbocycles. The van der Waals surface area contributed by atoms with E-state index in [2.05, 4.69) is 4.98 Å². The molecule has 1 atom stereocenters. The lowest BCUT2D eigenvalue weighted by atomic mass is 10.0. The average molecular weight is 468 g/mol. The summed E-state index contributed by atoms with van der Waals surface area (Å²) < 4.78 is 69.2. The molecule has 33 heavy (non-hydrogen) atoms. The molecular formula is C22H21F5N4O2. The predicted octanol–water partition coefficient (Wildman–Crippen LogP) is 4.05. The topological polar surface area (TPSA) is 67.2 Å². The van der Waals surface area contributed by atoms with E-state index in [0.29, 0.717) is 11.9 Å². The van der Waals surface area contributed by atoms with E-state index in [1.54, 1.807) is 19.0 Å². The van der Waals surface area contributed by atoms with Gasteiger partial charge < -0.3 is 10.2 Å². The number of benzene rings is 1. The van der Waals surface area contributed by atoms with Crippen LogP contribution in [-0.2, 0) is 0 Å². The number of fused-ring (bicyclic) bond motifs is 1. The minimum atomic E-state index is -4.75. The molecule has 1 amide bonds. The van der Waals surface area contributed by atoms with Gasteiger partial charge >= 0.3 is 6.18 Å². The number of carbonyl (C=O) groups excluding carboxylic acids is 1. The van der Waals surface area contributed by atoms with Crippen LogP contribution in [0.2, 0.25) is 0 Å². The third-order valence-electron chi connectivity index (χ3n) is 5.01. The molecule has 0 aliphatic rings. The smallest absolute Gasteiger partial charge is 0.363 e. The maximum Gasteiger partial charge on any atom is 0.408 e. The SMILES string of the molecule is CC(C)C(NC(=O)c1cn(-c2ccc(F)cc2F)c2nc(N(C)C)ccc2c1=O)C(F)(F)F. The number of nitrogens with zero attached hydrogens (tertiary/aromatic N) is 3. The molecule has 0 bridgehead atoms. The van der Waals surface area contributed by atoms with Crippen LogP contribution in [0.15, 0.2) is 41.3 Å². The number of nitrogens with one attached hydrogen (secondary N) is 1. The van der Waals surface area contributed by atoms with E-state index in [0.717, 1.165) is 22.9 Å². The molecule has 0 aliphatic carbocycles. The molecule has 6 nitrogen and oxygen atoms in total. The number of anilines is 1. The Kier molecular flexibility index (Phi) is 6.44. The summed E-state index contributed by atoms with van der Waals surface area (Å²) in [6.07, 6.45) is -3.83. The van der Waals surface area contributed by atoms with E-state index in [9.17, 15) is 31.5 Å². The van der Waals surface area contributed by atoms with Gasteiger partial charge in [-0.25, -0.2) is 13.8 Å². The number of aromatic nitrogens is 2. The standard InChI is InChI=1S/C22H21F5N4O2/c1-11(2)19(22(25,26)27)29-21(33)14-10-31(16-7-5-12(23)9-15(16)24)20-13(18(14)32)6-8-17(28-20)30(3)4/h5-11,19H,1-4H3,(H,29,33). The van der Waals surface area contributed by atoms with Crippen molar-refractivity contribution in [1.29, 1.82) is 0 Å². The first-order valence-corrected chi connectivity index (χ1v) is 9.88. The fourth-order valence-electron chi connectivity index (χ4n) is 3.31. The minimum Gasteiger partial charge on any atom is -0.363 e. The van der Waals surface area contributed by atoms with Gasteiger partial charge in [0.1, 0.15) is 29.1 Å². The first-order valence-electron chi connectivity index (χ1n) is 9.88. The fourth-order valence-corrected chi connectivity index (χ4v) is 3.31. The molecule has 11 heteroatoms. The molecule has 0 aliphatic heterocycles. The van der Waals surface area contributed by atoms with Crippen molar-refractivity contribution in [2.45, 2.75) is 26.1 Å². The van der Waals surface area contributed by atoms with Crippen LogP contribution in [0.3, 0.4) is 0 Å². The molecular weight excluding hydrogens is 447 g/mol. The Balaban J connectivity index is 2.27. The Hall–Kier alpha value is -3.50. The highest BCUT2D eigenvalue weighted by Crippen LogP contribution is 2.26. The van der Waals surface area contributed by atoms with Gasteiger partial charge in [0.25, 0.3) is 5.91 Å². The Bertz CT molecular complexity index is 1270. The third kappa shape index (κ3) is 4.81. The highest BCUT2D eigenvalue weighted by molar-refractivity contribution is 5.97. The highest BCUT2D eigenvalue weighted by Gasteiger charge is 2.43. The Labute approximate surface area is 185 Å². The molecule has 0 radical (unpaired) electrons. The van der Waals surface area contributed by atoms with Gasteiger partial charge in [-0.1, -0.05) is 13.8 Å². The second-order valence-corrected chi connectivity index (χ2v) is 8.01. The van der Waals surface area contributed by atoms with E-state index in [-0.39, 0.29) is 16.7 Å². The van der Waals surface area contributed by atoms with Crippen molar-refractivity contribution in [3.63, 3.8) is 0 Å². The van der Waals surface area contributed by atoms with E-state index in [4.69, 9.17) is 0 Å². The molecule has 1 N–H and O–H groups in total. The lowest BCUT2D eigenvalue weighted by molar-refractivity contribution is -0.162. The molecule has 0 fully saturated rings. The number of carbonyl (C=O) groups is 1. The van der Waals surface area contributed by atoms with Crippen LogP contribution in [0.5, 0.6) is 0 Å². The summed E-state index contributed by atoms with van der Waals surface area (Å²) in [7, 11) is 3.36. The highest BCUT2D eigenvalue weighted by atomic mass is 19.4. The monoisotopic (exact) mass is 468 g/mol. The summed E-state index contributed by atoms with van der Waals surface area (Å²) in [5, 5.41) is 1.73. The maximum atomic E-state index is 14.6. The zero-order chi connectivity index (χ0) is 24.7. The molecule has 176 valence electrons. The molecule has 1 aromatic carbocycles. The number of halogens is 5. The number of hydrogen-bond acceptors (Lipinski definition) is 4. The number of rotatable bonds is 5. The van der Waals surface area contributed by atoms with Gasteiger partial charge in [-0.2, -0.15) is 13.2 Å². The average Bonchev–Trinajstić information content (AvgIpc) is 2.71. The number of amides is 1. The third-order valence-corrected chi connectivity index (χ3v) is 5.01. The van der Waals surface area contributed by atoms with Crippen LogP contribution in [0.25, 0.3) is 16.7 Å². The van der Waals surface area contributed by atoms with Crippen molar-refractivity contribution in [3.8, 4) is 5.69 Å². The summed E-state index contributed by atoms with van der Waals surface area (Å²) in [6, 6.07) is 3.27. The van der Waals surface area contributed by atoms with Crippen molar-refractivity contribution in [2.75, 3.05) is 19.0 Å². The Morgan fingerprint density at radius 3 is 2.33 bits per heavy atom. The number of hydrogen-bond donors (Lipinski definition) is 1. The van der Waals surface area contributed by atoms with Gasteiger partial charge in [0.05, 0.1) is 11.1 Å². The van der Waals surface area contributed by atoms with Crippen LogP contribution in [0.4, 0.5) is 27.8 Å². The van der Waals surface area contributed by atoms with Crippen molar-refractivity contribution in [1.82, 2.24) is 14.9 Å². The van der Waals surface area contributed by atoms with Gasteiger partial charge in [-0.05, 0) is 30.2 Å². The van der Waals surface area contributed by atoms with E-state index in [1.165, 1.54) is 26.0 Å². The molecule has 2 aromatic heterocycles. The van der Waals surface area contributed by atoms with Crippen LogP contribution < -0.4 is 15.6 Å². The van der Waals surface area contributed by atoms with Crippen LogP contribution in [0.1, 0.15) is 24.2 Å². The second-order valence-electron chi connectivity index (χ2n) is 8.01. The molecule has 2 heterocycles. The van der Waals surface area contributed by atoms with Gasteiger partial charge in [0, 0.05) is 26.4 Å². The first kappa shape index (κ1) is 24.1. The fraction of sp³-hybridized carbons (Fsp3) is 0.318. The number of alkyl halides is 3. The molecule has 0 saturated heterocycles. The van der Waals surface area contributed by atoms with Gasteiger partial charge in [0.15, 0.2) is 5.65 Å². The Morgan fingerprint density at radius 2 is 1.79 bits per heavy atom. The van der Waals surface area contributed by atoms with Crippen molar-refractivity contribution in [2.24, 2.45) is 5.92 Å². The molecule has 1 unspecified atom stereocenters. The molecule has 3 aromatic rings. The van der Waals surface area contributed by atoms with Crippen molar-refractivity contribution >= 4 is 22.8 Å². The Morgan fingerprint density at radius 1 is 1.12 bits per heavy atom. The zero-order valence-corrected chi connectivity index (χ0v) is 18.2. The summed E-state index contributed by atoms with van der Waals surface area (Å²) >= 11 is 0. The normalized spacial score (nSPS) is 12.8.